The first-order valence-corrected chi connectivity index (χ1v) is 4.75. The van der Waals surface area contributed by atoms with Crippen molar-refractivity contribution in [1.29, 1.82) is 0 Å². The second-order valence-corrected chi connectivity index (χ2v) is 3.92. The number of rotatable bonds is 2. The van der Waals surface area contributed by atoms with Crippen LogP contribution >= 0.6 is 22.6 Å². The van der Waals surface area contributed by atoms with Crippen molar-refractivity contribution in [2.75, 3.05) is 0 Å². The fraction of sp³-hybridized carbons (Fsp3) is 0.222. The van der Waals surface area contributed by atoms with Gasteiger partial charge < -0.3 is 5.11 Å². The van der Waals surface area contributed by atoms with Crippen molar-refractivity contribution in [2.24, 2.45) is 0 Å². The van der Waals surface area contributed by atoms with Crippen LogP contribution in [-0.4, -0.2) is 11.1 Å². The molecular formula is C9H8FIO2. The molecule has 0 aliphatic rings. The van der Waals surface area contributed by atoms with Crippen LogP contribution in [0.2, 0.25) is 0 Å². The first-order valence-electron chi connectivity index (χ1n) is 3.67. The summed E-state index contributed by atoms with van der Waals surface area (Å²) in [5.41, 5.74) is 1.06. The smallest absolute Gasteiger partial charge is 0.307 e. The third kappa shape index (κ3) is 2.65. The minimum absolute atomic E-state index is 0.132. The highest BCUT2D eigenvalue weighted by atomic mass is 127. The lowest BCUT2D eigenvalue weighted by atomic mass is 10.1. The van der Waals surface area contributed by atoms with Crippen molar-refractivity contribution in [3.63, 3.8) is 0 Å². The van der Waals surface area contributed by atoms with Crippen LogP contribution in [0.3, 0.4) is 0 Å². The number of carboxylic acids is 1. The molecule has 1 N–H and O–H groups in total. The Bertz CT molecular complexity index is 326. The van der Waals surface area contributed by atoms with Crippen molar-refractivity contribution in [2.45, 2.75) is 13.3 Å². The van der Waals surface area contributed by atoms with Gasteiger partial charge >= 0.3 is 5.97 Å². The Balaban J connectivity index is 3.06. The molecule has 1 rings (SSSR count). The summed E-state index contributed by atoms with van der Waals surface area (Å²) in [6.45, 7) is 1.67. The van der Waals surface area contributed by atoms with E-state index in [0.717, 1.165) is 3.57 Å². The molecule has 0 atom stereocenters. The number of carboxylic acid groups (broad SMARTS) is 1. The van der Waals surface area contributed by atoms with Crippen molar-refractivity contribution >= 4 is 28.6 Å². The second-order valence-electron chi connectivity index (χ2n) is 2.75. The van der Waals surface area contributed by atoms with Crippen molar-refractivity contribution in [3.8, 4) is 0 Å². The molecule has 4 heteroatoms. The Labute approximate surface area is 88.9 Å². The summed E-state index contributed by atoms with van der Waals surface area (Å²) in [6.07, 6.45) is -0.132. The zero-order chi connectivity index (χ0) is 10.0. The molecule has 2 nitrogen and oxygen atoms in total. The maximum absolute atomic E-state index is 13.1. The molecule has 1 aromatic carbocycles. The van der Waals surface area contributed by atoms with E-state index >= 15 is 0 Å². The molecule has 0 aromatic heterocycles. The zero-order valence-corrected chi connectivity index (χ0v) is 9.13. The van der Waals surface area contributed by atoms with E-state index in [0.29, 0.717) is 11.1 Å². The van der Waals surface area contributed by atoms with E-state index in [1.54, 1.807) is 13.0 Å². The lowest BCUT2D eigenvalue weighted by Gasteiger charge is -2.03. The summed E-state index contributed by atoms with van der Waals surface area (Å²) in [5, 5.41) is 8.49. The van der Waals surface area contributed by atoms with Crippen molar-refractivity contribution < 1.29 is 14.3 Å². The van der Waals surface area contributed by atoms with Crippen LogP contribution in [-0.2, 0) is 11.2 Å². The van der Waals surface area contributed by atoms with Gasteiger partial charge in [-0.15, -0.1) is 0 Å². The molecular weight excluding hydrogens is 286 g/mol. The van der Waals surface area contributed by atoms with Gasteiger partial charge in [-0.25, -0.2) is 4.39 Å². The maximum atomic E-state index is 13.1. The molecule has 0 saturated carbocycles. The fourth-order valence-corrected chi connectivity index (χ4v) is 1.63. The minimum atomic E-state index is -0.945. The molecule has 0 heterocycles. The Morgan fingerprint density at radius 1 is 1.62 bits per heavy atom. The van der Waals surface area contributed by atoms with Crippen LogP contribution in [0.25, 0.3) is 0 Å². The van der Waals surface area contributed by atoms with Crippen molar-refractivity contribution in [3.05, 3.63) is 32.6 Å². The lowest BCUT2D eigenvalue weighted by molar-refractivity contribution is -0.136. The van der Waals surface area contributed by atoms with E-state index in [1.807, 2.05) is 22.6 Å². The van der Waals surface area contributed by atoms with E-state index in [2.05, 4.69) is 0 Å². The Kier molecular flexibility index (Phi) is 3.24. The molecule has 0 spiro atoms. The van der Waals surface area contributed by atoms with Gasteiger partial charge in [-0.3, -0.25) is 4.79 Å². The summed E-state index contributed by atoms with van der Waals surface area (Å²) < 4.78 is 13.9. The highest BCUT2D eigenvalue weighted by Gasteiger charge is 2.07. The minimum Gasteiger partial charge on any atom is -0.481 e. The van der Waals surface area contributed by atoms with Gasteiger partial charge in [0.05, 0.1) is 6.42 Å². The highest BCUT2D eigenvalue weighted by Crippen LogP contribution is 2.17. The second kappa shape index (κ2) is 4.04. The third-order valence-corrected chi connectivity index (χ3v) is 2.82. The van der Waals surface area contributed by atoms with Gasteiger partial charge in [-0.2, -0.15) is 0 Å². The van der Waals surface area contributed by atoms with Crippen LogP contribution in [0.1, 0.15) is 11.1 Å². The Morgan fingerprint density at radius 2 is 2.23 bits per heavy atom. The summed E-state index contributed by atoms with van der Waals surface area (Å²) in [4.78, 5) is 10.4. The van der Waals surface area contributed by atoms with Gasteiger partial charge in [0, 0.05) is 3.57 Å². The first kappa shape index (κ1) is 10.4. The van der Waals surface area contributed by atoms with Gasteiger partial charge in [0.1, 0.15) is 5.82 Å². The summed E-state index contributed by atoms with van der Waals surface area (Å²) in [7, 11) is 0. The van der Waals surface area contributed by atoms with Crippen LogP contribution in [0.15, 0.2) is 12.1 Å². The average molecular weight is 294 g/mol. The molecule has 0 fully saturated rings. The normalized spacial score (nSPS) is 10.1. The molecule has 0 unspecified atom stereocenters. The first-order chi connectivity index (χ1) is 6.00. The summed E-state index contributed by atoms with van der Waals surface area (Å²) in [5.74, 6) is -1.29. The molecule has 0 radical (unpaired) electrons. The predicted molar refractivity (Wildman–Crippen MR) is 55.2 cm³/mol. The molecule has 0 saturated heterocycles. The quantitative estimate of drug-likeness (QED) is 0.850. The predicted octanol–water partition coefficient (Wildman–Crippen LogP) is 2.37. The van der Waals surface area contributed by atoms with Gasteiger partial charge in [0.2, 0.25) is 0 Å². The van der Waals surface area contributed by atoms with Crippen molar-refractivity contribution in [1.82, 2.24) is 0 Å². The van der Waals surface area contributed by atoms with Gasteiger partial charge in [-0.1, -0.05) is 0 Å². The zero-order valence-electron chi connectivity index (χ0n) is 6.97. The third-order valence-electron chi connectivity index (χ3n) is 1.70. The number of aliphatic carboxylic acids is 1. The van der Waals surface area contributed by atoms with E-state index in [4.69, 9.17) is 5.11 Å². The number of hydrogen-bond acceptors (Lipinski definition) is 1. The maximum Gasteiger partial charge on any atom is 0.307 e. The molecule has 0 bridgehead atoms. The summed E-state index contributed by atoms with van der Waals surface area (Å²) in [6, 6.07) is 2.96. The molecule has 13 heavy (non-hydrogen) atoms. The van der Waals surface area contributed by atoms with Crippen LogP contribution in [0.5, 0.6) is 0 Å². The molecule has 0 amide bonds. The average Bonchev–Trinajstić information content (AvgIpc) is 1.98. The van der Waals surface area contributed by atoms with Crippen LogP contribution < -0.4 is 0 Å². The Morgan fingerprint density at radius 3 is 2.69 bits per heavy atom. The van der Waals surface area contributed by atoms with Gasteiger partial charge in [-0.05, 0) is 52.8 Å². The van der Waals surface area contributed by atoms with Gasteiger partial charge in [0.25, 0.3) is 0 Å². The lowest BCUT2D eigenvalue weighted by Crippen LogP contribution is -2.01. The van der Waals surface area contributed by atoms with E-state index in [-0.39, 0.29) is 12.2 Å². The standard InChI is InChI=1S/C9H8FIO2/c1-5-7(10)2-6(3-8(5)11)4-9(12)13/h2-3H,4H2,1H3,(H,12,13). The summed E-state index contributed by atoms with van der Waals surface area (Å²) >= 11 is 1.99. The van der Waals surface area contributed by atoms with Gasteiger partial charge in [0.15, 0.2) is 0 Å². The van der Waals surface area contributed by atoms with E-state index < -0.39 is 5.97 Å². The molecule has 70 valence electrons. The molecule has 0 aliphatic heterocycles. The SMILES string of the molecule is Cc1c(F)cc(CC(=O)O)cc1I. The number of benzene rings is 1. The number of carbonyl (C=O) groups is 1. The number of hydrogen-bond donors (Lipinski definition) is 1. The van der Waals surface area contributed by atoms with E-state index in [1.165, 1.54) is 6.07 Å². The number of halogens is 2. The topological polar surface area (TPSA) is 37.3 Å². The Hall–Kier alpha value is -0.650. The largest absolute Gasteiger partial charge is 0.481 e. The molecule has 0 aliphatic carbocycles. The van der Waals surface area contributed by atoms with E-state index in [9.17, 15) is 9.18 Å². The monoisotopic (exact) mass is 294 g/mol. The molecule has 1 aromatic rings. The van der Waals surface area contributed by atoms with Crippen LogP contribution in [0, 0.1) is 16.3 Å². The fourth-order valence-electron chi connectivity index (χ4n) is 0.974. The van der Waals surface area contributed by atoms with Crippen LogP contribution in [0.4, 0.5) is 4.39 Å². The highest BCUT2D eigenvalue weighted by molar-refractivity contribution is 14.1.